The topological polar surface area (TPSA) is 42.0 Å². The lowest BCUT2D eigenvalue weighted by Crippen LogP contribution is -2.31. The molecule has 5 heteroatoms. The van der Waals surface area contributed by atoms with E-state index in [-0.39, 0.29) is 16.8 Å². The van der Waals surface area contributed by atoms with E-state index in [1.54, 1.807) is 0 Å². The minimum absolute atomic E-state index is 0.0110. The molecule has 0 bridgehead atoms. The van der Waals surface area contributed by atoms with Crippen LogP contribution in [0.25, 0.3) is 0 Å². The predicted molar refractivity (Wildman–Crippen MR) is 273 cm³/mol. The van der Waals surface area contributed by atoms with Crippen LogP contribution in [0.3, 0.4) is 0 Å². The Morgan fingerprint density at radius 2 is 0.815 bits per heavy atom. The van der Waals surface area contributed by atoms with E-state index >= 15 is 0 Å². The molecule has 0 aliphatic rings. The number of hydrogen-bond donors (Lipinski definition) is 0. The number of anilines is 6. The Bertz CT molecular complexity index is 2520. The van der Waals surface area contributed by atoms with Crippen molar-refractivity contribution >= 4 is 39.9 Å². The van der Waals surface area contributed by atoms with Crippen LogP contribution >= 0.6 is 0 Å². The molecule has 2 unspecified atom stereocenters. The molecule has 7 rings (SSSR count). The molecule has 7 aromatic rings. The summed E-state index contributed by atoms with van der Waals surface area (Å²) in [6.45, 7) is 13.5. The van der Waals surface area contributed by atoms with Gasteiger partial charge in [0.25, 0.3) is 0 Å². The second-order valence-electron chi connectivity index (χ2n) is 17.8. The molecule has 334 valence electrons. The summed E-state index contributed by atoms with van der Waals surface area (Å²) in [5, 5.41) is 0. The highest BCUT2D eigenvalue weighted by atomic mass is 16.5. The largest absolute Gasteiger partial charge is 0.488 e. The molecule has 0 N–H and O–H groups in total. The molecule has 0 aliphatic carbocycles. The fourth-order valence-corrected chi connectivity index (χ4v) is 8.79. The summed E-state index contributed by atoms with van der Waals surface area (Å²) >= 11 is 0. The summed E-state index contributed by atoms with van der Waals surface area (Å²) in [4.78, 5) is 18.0. The first-order valence-corrected chi connectivity index (χ1v) is 23.8. The number of benzene rings is 7. The molecule has 2 atom stereocenters. The lowest BCUT2D eigenvalue weighted by molar-refractivity contribution is 0.0724. The van der Waals surface area contributed by atoms with Gasteiger partial charge in [0.15, 0.2) is 5.78 Å². The molecule has 0 aromatic heterocycles. The summed E-state index contributed by atoms with van der Waals surface area (Å²) in [6.07, 6.45) is 10.1. The molecule has 0 fully saturated rings. The number of unbranched alkanes of at least 4 members (excludes halogenated alkanes) is 2. The van der Waals surface area contributed by atoms with E-state index in [1.807, 2.05) is 60.7 Å². The van der Waals surface area contributed by atoms with Crippen LogP contribution in [0.1, 0.15) is 121 Å². The first-order chi connectivity index (χ1) is 31.7. The Morgan fingerprint density at radius 3 is 1.25 bits per heavy atom. The van der Waals surface area contributed by atoms with Crippen LogP contribution in [-0.2, 0) is 5.41 Å². The van der Waals surface area contributed by atoms with Gasteiger partial charge in [0.1, 0.15) is 22.8 Å². The normalized spacial score (nSPS) is 13.0. The van der Waals surface area contributed by atoms with Gasteiger partial charge in [0.05, 0.1) is 0 Å². The second kappa shape index (κ2) is 21.9. The number of hydrogen-bond acceptors (Lipinski definition) is 5. The molecule has 0 saturated carbocycles. The first kappa shape index (κ1) is 46.4. The maximum Gasteiger partial charge on any atom is 0.193 e. The lowest BCUT2D eigenvalue weighted by Gasteiger charge is -2.31. The van der Waals surface area contributed by atoms with Crippen molar-refractivity contribution < 1.29 is 14.3 Å². The van der Waals surface area contributed by atoms with Gasteiger partial charge in [-0.15, -0.1) is 0 Å². The zero-order chi connectivity index (χ0) is 45.7. The monoisotopic (exact) mass is 863 g/mol. The molecule has 65 heavy (non-hydrogen) atoms. The van der Waals surface area contributed by atoms with Gasteiger partial charge in [0, 0.05) is 45.3 Å². The molecular weight excluding hydrogens is 797 g/mol. The number of ether oxygens (including phenoxy) is 2. The first-order valence-electron chi connectivity index (χ1n) is 23.8. The summed E-state index contributed by atoms with van der Waals surface area (Å²) < 4.78 is 12.9. The average Bonchev–Trinajstić information content (AvgIpc) is 3.35. The van der Waals surface area contributed by atoms with Crippen molar-refractivity contribution in [3.8, 4) is 17.2 Å². The summed E-state index contributed by atoms with van der Waals surface area (Å²) in [7, 11) is 0. The third kappa shape index (κ3) is 11.6. The molecule has 0 amide bonds. The van der Waals surface area contributed by atoms with Crippen LogP contribution in [0.5, 0.6) is 17.2 Å². The minimum Gasteiger partial charge on any atom is -0.488 e. The van der Waals surface area contributed by atoms with E-state index in [2.05, 4.69) is 173 Å². The number of carbonyl (C=O) groups excluding carboxylic acids is 1. The van der Waals surface area contributed by atoms with Gasteiger partial charge in [-0.2, -0.15) is 0 Å². The molecule has 0 radical (unpaired) electrons. The van der Waals surface area contributed by atoms with Crippen molar-refractivity contribution in [1.82, 2.24) is 0 Å². The van der Waals surface area contributed by atoms with Crippen molar-refractivity contribution in [3.05, 3.63) is 199 Å². The Balaban J connectivity index is 1.07. The smallest absolute Gasteiger partial charge is 0.193 e. The van der Waals surface area contributed by atoms with Crippen molar-refractivity contribution in [1.29, 1.82) is 0 Å². The number of ketones is 1. The van der Waals surface area contributed by atoms with E-state index in [4.69, 9.17) is 9.47 Å². The molecule has 5 nitrogen and oxygen atoms in total. The minimum atomic E-state index is -0.182. The average molecular weight is 863 g/mol. The van der Waals surface area contributed by atoms with Crippen LogP contribution in [0.4, 0.5) is 34.1 Å². The Kier molecular flexibility index (Phi) is 15.6. The van der Waals surface area contributed by atoms with Gasteiger partial charge < -0.3 is 19.3 Å². The SMILES string of the molecule is CCCCC(C)(CC)Oc1ccc(N(c2ccccc2)c2ccc(N(c3ccccc3)c3ccc(Oc4ccc(C(=O)c5ccc(C(C)(CCC)CCCC)cc5)cc4)cc3)cc2)cc1. The maximum absolute atomic E-state index is 13.5. The Hall–Kier alpha value is -6.59. The third-order valence-electron chi connectivity index (χ3n) is 12.8. The van der Waals surface area contributed by atoms with E-state index in [1.165, 1.54) is 18.4 Å². The van der Waals surface area contributed by atoms with Crippen LogP contribution in [0.2, 0.25) is 0 Å². The van der Waals surface area contributed by atoms with E-state index in [0.29, 0.717) is 22.6 Å². The maximum atomic E-state index is 13.5. The highest BCUT2D eigenvalue weighted by Gasteiger charge is 2.26. The second-order valence-corrected chi connectivity index (χ2v) is 17.8. The standard InChI is InChI=1S/C60H66N2O3/c1-7-11-44-59(5,43-9-3)48-27-23-46(24-28-48)58(63)47-25-37-55(38-26-47)64-56-39-33-53(34-40-56)61(49-19-15-13-16-20-49)51-29-31-52(32-30-51)62(50-21-17-14-18-22-50)54-35-41-57(42-36-54)65-60(6,10-4)45-12-8-2/h13-42H,7-12,43-45H2,1-6H3. The van der Waals surface area contributed by atoms with Gasteiger partial charge in [-0.25, -0.2) is 0 Å². The van der Waals surface area contributed by atoms with Crippen molar-refractivity contribution in [3.63, 3.8) is 0 Å². The highest BCUT2D eigenvalue weighted by Crippen LogP contribution is 2.41. The number of nitrogens with zero attached hydrogens (tertiary/aromatic N) is 2. The van der Waals surface area contributed by atoms with Crippen LogP contribution in [0.15, 0.2) is 182 Å². The lowest BCUT2D eigenvalue weighted by atomic mass is 9.74. The van der Waals surface area contributed by atoms with Crippen molar-refractivity contribution in [2.75, 3.05) is 9.80 Å². The quantitative estimate of drug-likeness (QED) is 0.0635. The third-order valence-corrected chi connectivity index (χ3v) is 12.8. The fourth-order valence-electron chi connectivity index (χ4n) is 8.79. The molecule has 7 aromatic carbocycles. The van der Waals surface area contributed by atoms with Gasteiger partial charge in [-0.3, -0.25) is 4.79 Å². The van der Waals surface area contributed by atoms with E-state index < -0.39 is 0 Å². The van der Waals surface area contributed by atoms with Crippen LogP contribution in [-0.4, -0.2) is 11.4 Å². The number of carbonyl (C=O) groups is 1. The predicted octanol–water partition coefficient (Wildman–Crippen LogP) is 17.6. The molecule has 0 spiro atoms. The summed E-state index contributed by atoms with van der Waals surface area (Å²) in [5.41, 5.74) is 8.85. The van der Waals surface area contributed by atoms with E-state index in [0.717, 1.165) is 84.8 Å². The summed E-state index contributed by atoms with van der Waals surface area (Å²) in [5.74, 6) is 2.28. The number of rotatable bonds is 22. The van der Waals surface area contributed by atoms with Crippen molar-refractivity contribution in [2.45, 2.75) is 110 Å². The Labute approximate surface area is 388 Å². The molecule has 0 aliphatic heterocycles. The van der Waals surface area contributed by atoms with Crippen molar-refractivity contribution in [2.24, 2.45) is 0 Å². The molecular formula is C60H66N2O3. The highest BCUT2D eigenvalue weighted by molar-refractivity contribution is 6.09. The van der Waals surface area contributed by atoms with Gasteiger partial charge in [0.2, 0.25) is 0 Å². The van der Waals surface area contributed by atoms with Gasteiger partial charge in [-0.1, -0.05) is 121 Å². The van der Waals surface area contributed by atoms with Crippen LogP contribution < -0.4 is 19.3 Å². The molecule has 0 heterocycles. The number of para-hydroxylation sites is 2. The zero-order valence-corrected chi connectivity index (χ0v) is 39.3. The van der Waals surface area contributed by atoms with Crippen LogP contribution in [0, 0.1) is 0 Å². The van der Waals surface area contributed by atoms with Gasteiger partial charge in [-0.05, 0) is 171 Å². The Morgan fingerprint density at radius 1 is 0.431 bits per heavy atom. The molecule has 0 saturated heterocycles. The summed E-state index contributed by atoms with van der Waals surface area (Å²) in [6, 6.07) is 62.0. The van der Waals surface area contributed by atoms with Gasteiger partial charge >= 0.3 is 0 Å². The zero-order valence-electron chi connectivity index (χ0n) is 39.3. The van der Waals surface area contributed by atoms with E-state index in [9.17, 15) is 4.79 Å². The fraction of sp³-hybridized carbons (Fsp3) is 0.283.